The highest BCUT2D eigenvalue weighted by atomic mass is 19.1. The molecule has 0 radical (unpaired) electrons. The number of nitrogens with zero attached hydrogens (tertiary/aromatic N) is 1. The van der Waals surface area contributed by atoms with Crippen LogP contribution in [0.25, 0.3) is 0 Å². The third-order valence-corrected chi connectivity index (χ3v) is 2.66. The molecule has 2 nitrogen and oxygen atoms in total. The highest BCUT2D eigenvalue weighted by Crippen LogP contribution is 2.22. The van der Waals surface area contributed by atoms with E-state index in [0.29, 0.717) is 0 Å². The normalized spacial score (nSPS) is 15.3. The van der Waals surface area contributed by atoms with E-state index in [2.05, 4.69) is 11.8 Å². The monoisotopic (exact) mass is 210 g/mol. The van der Waals surface area contributed by atoms with Gasteiger partial charge in [0.1, 0.15) is 5.82 Å². The molecule has 84 valence electrons. The number of likely N-dealkylation sites (N-methyl/N-ethyl adjacent to an activating group) is 1. The summed E-state index contributed by atoms with van der Waals surface area (Å²) in [6, 6.07) is 6.71. The van der Waals surface area contributed by atoms with E-state index in [4.69, 9.17) is 5.73 Å². The zero-order valence-corrected chi connectivity index (χ0v) is 9.57. The Morgan fingerprint density at radius 3 is 2.60 bits per heavy atom. The lowest BCUT2D eigenvalue weighted by molar-refractivity contribution is 0.229. The van der Waals surface area contributed by atoms with Crippen LogP contribution >= 0.6 is 0 Å². The highest BCUT2D eigenvalue weighted by Gasteiger charge is 2.20. The maximum atomic E-state index is 13.1. The van der Waals surface area contributed by atoms with Crippen molar-refractivity contribution in [3.8, 4) is 0 Å². The molecule has 3 heteroatoms. The summed E-state index contributed by atoms with van der Waals surface area (Å²) in [5, 5.41) is 0. The summed E-state index contributed by atoms with van der Waals surface area (Å²) in [7, 11) is 2.00. The van der Waals surface area contributed by atoms with Gasteiger partial charge in [-0.1, -0.05) is 19.1 Å². The van der Waals surface area contributed by atoms with Crippen LogP contribution in [0.4, 0.5) is 4.39 Å². The Bertz CT molecular complexity index is 312. The summed E-state index contributed by atoms with van der Waals surface area (Å²) in [6.45, 7) is 4.90. The average molecular weight is 210 g/mol. The molecular weight excluding hydrogens is 191 g/mol. The lowest BCUT2D eigenvalue weighted by atomic mass is 9.99. The number of halogens is 1. The molecule has 0 aliphatic heterocycles. The Morgan fingerprint density at radius 2 is 2.13 bits per heavy atom. The van der Waals surface area contributed by atoms with E-state index in [-0.39, 0.29) is 17.9 Å². The van der Waals surface area contributed by atoms with Crippen LogP contribution < -0.4 is 5.73 Å². The van der Waals surface area contributed by atoms with Crippen LogP contribution in [0.15, 0.2) is 24.3 Å². The van der Waals surface area contributed by atoms with Gasteiger partial charge in [-0.2, -0.15) is 0 Å². The topological polar surface area (TPSA) is 29.3 Å². The minimum absolute atomic E-state index is 0.0169. The Labute approximate surface area is 90.9 Å². The van der Waals surface area contributed by atoms with E-state index < -0.39 is 0 Å². The summed E-state index contributed by atoms with van der Waals surface area (Å²) >= 11 is 0. The molecule has 0 saturated heterocycles. The minimum Gasteiger partial charge on any atom is -0.326 e. The van der Waals surface area contributed by atoms with Crippen LogP contribution in [-0.2, 0) is 0 Å². The van der Waals surface area contributed by atoms with Crippen LogP contribution in [0.3, 0.4) is 0 Å². The molecule has 1 aromatic carbocycles. The van der Waals surface area contributed by atoms with E-state index in [1.807, 2.05) is 20.0 Å². The summed E-state index contributed by atoms with van der Waals surface area (Å²) in [6.07, 6.45) is 0. The lowest BCUT2D eigenvalue weighted by Gasteiger charge is -2.30. The second-order valence-corrected chi connectivity index (χ2v) is 3.93. The quantitative estimate of drug-likeness (QED) is 0.825. The Morgan fingerprint density at radius 1 is 1.47 bits per heavy atom. The first-order valence-corrected chi connectivity index (χ1v) is 5.27. The number of hydrogen-bond donors (Lipinski definition) is 1. The largest absolute Gasteiger partial charge is 0.326 e. The fourth-order valence-electron chi connectivity index (χ4n) is 1.85. The van der Waals surface area contributed by atoms with Gasteiger partial charge in [0.05, 0.1) is 0 Å². The van der Waals surface area contributed by atoms with Gasteiger partial charge in [0.2, 0.25) is 0 Å². The SMILES string of the molecule is CCN(C)C(c1cccc(F)c1)C(C)N. The van der Waals surface area contributed by atoms with E-state index in [9.17, 15) is 4.39 Å². The zero-order chi connectivity index (χ0) is 11.4. The fraction of sp³-hybridized carbons (Fsp3) is 0.500. The highest BCUT2D eigenvalue weighted by molar-refractivity contribution is 5.21. The van der Waals surface area contributed by atoms with Gasteiger partial charge in [-0.25, -0.2) is 4.39 Å². The van der Waals surface area contributed by atoms with Crippen LogP contribution in [-0.4, -0.2) is 24.5 Å². The van der Waals surface area contributed by atoms with Gasteiger partial charge in [-0.15, -0.1) is 0 Å². The molecule has 0 spiro atoms. The third-order valence-electron chi connectivity index (χ3n) is 2.66. The molecule has 0 aromatic heterocycles. The summed E-state index contributed by atoms with van der Waals surface area (Å²) < 4.78 is 13.1. The van der Waals surface area contributed by atoms with Gasteiger partial charge in [0.25, 0.3) is 0 Å². The minimum atomic E-state index is -0.206. The van der Waals surface area contributed by atoms with Crippen molar-refractivity contribution >= 4 is 0 Å². The smallest absolute Gasteiger partial charge is 0.123 e. The van der Waals surface area contributed by atoms with E-state index >= 15 is 0 Å². The van der Waals surface area contributed by atoms with Crippen LogP contribution in [0.2, 0.25) is 0 Å². The molecule has 0 aliphatic carbocycles. The Balaban J connectivity index is 2.99. The van der Waals surface area contributed by atoms with Crippen molar-refractivity contribution < 1.29 is 4.39 Å². The van der Waals surface area contributed by atoms with Crippen LogP contribution in [0, 0.1) is 5.82 Å². The average Bonchev–Trinajstić information content (AvgIpc) is 2.17. The second kappa shape index (κ2) is 5.24. The van der Waals surface area contributed by atoms with Gasteiger partial charge in [0.15, 0.2) is 0 Å². The van der Waals surface area contributed by atoms with E-state index in [0.717, 1.165) is 12.1 Å². The Kier molecular flexibility index (Phi) is 4.24. The van der Waals surface area contributed by atoms with E-state index in [1.165, 1.54) is 6.07 Å². The van der Waals surface area contributed by atoms with Crippen molar-refractivity contribution in [3.05, 3.63) is 35.6 Å². The molecule has 1 rings (SSSR count). The predicted molar refractivity (Wildman–Crippen MR) is 61.1 cm³/mol. The van der Waals surface area contributed by atoms with Crippen molar-refractivity contribution in [2.24, 2.45) is 5.73 Å². The van der Waals surface area contributed by atoms with Gasteiger partial charge in [-0.05, 0) is 38.2 Å². The molecule has 2 unspecified atom stereocenters. The number of benzene rings is 1. The van der Waals surface area contributed by atoms with Crippen molar-refractivity contribution in [1.29, 1.82) is 0 Å². The number of nitrogens with two attached hydrogens (primary N) is 1. The molecule has 0 fully saturated rings. The maximum Gasteiger partial charge on any atom is 0.123 e. The lowest BCUT2D eigenvalue weighted by Crippen LogP contribution is -2.37. The van der Waals surface area contributed by atoms with Crippen molar-refractivity contribution in [1.82, 2.24) is 4.90 Å². The standard InChI is InChI=1S/C12H19FN2/c1-4-15(3)12(9(2)14)10-6-5-7-11(13)8-10/h5-9,12H,4,14H2,1-3H3. The molecule has 0 heterocycles. The molecule has 2 N–H and O–H groups in total. The number of hydrogen-bond acceptors (Lipinski definition) is 2. The first-order valence-electron chi connectivity index (χ1n) is 5.27. The predicted octanol–water partition coefficient (Wildman–Crippen LogP) is 2.17. The molecule has 15 heavy (non-hydrogen) atoms. The van der Waals surface area contributed by atoms with E-state index in [1.54, 1.807) is 12.1 Å². The molecule has 0 aliphatic rings. The molecule has 0 bridgehead atoms. The van der Waals surface area contributed by atoms with Crippen LogP contribution in [0.1, 0.15) is 25.5 Å². The molecule has 0 saturated carbocycles. The molecular formula is C12H19FN2. The van der Waals surface area contributed by atoms with Crippen LogP contribution in [0.5, 0.6) is 0 Å². The van der Waals surface area contributed by atoms with Gasteiger partial charge in [0, 0.05) is 12.1 Å². The van der Waals surface area contributed by atoms with Gasteiger partial charge in [-0.3, -0.25) is 4.90 Å². The van der Waals surface area contributed by atoms with Gasteiger partial charge < -0.3 is 5.73 Å². The summed E-state index contributed by atoms with van der Waals surface area (Å²) in [5.41, 5.74) is 6.87. The molecule has 2 atom stereocenters. The second-order valence-electron chi connectivity index (χ2n) is 3.93. The van der Waals surface area contributed by atoms with Crippen molar-refractivity contribution in [2.75, 3.05) is 13.6 Å². The summed E-state index contributed by atoms with van der Waals surface area (Å²) in [5.74, 6) is -0.206. The first-order chi connectivity index (χ1) is 7.06. The summed E-state index contributed by atoms with van der Waals surface area (Å²) in [4.78, 5) is 2.12. The molecule has 1 aromatic rings. The first kappa shape index (κ1) is 12.1. The van der Waals surface area contributed by atoms with Crippen molar-refractivity contribution in [2.45, 2.75) is 25.9 Å². The number of rotatable bonds is 4. The Hall–Kier alpha value is -0.930. The maximum absolute atomic E-state index is 13.1. The molecule has 0 amide bonds. The zero-order valence-electron chi connectivity index (χ0n) is 9.57. The van der Waals surface area contributed by atoms with Gasteiger partial charge >= 0.3 is 0 Å². The van der Waals surface area contributed by atoms with Crippen molar-refractivity contribution in [3.63, 3.8) is 0 Å². The fourth-order valence-corrected chi connectivity index (χ4v) is 1.85. The third kappa shape index (κ3) is 3.01.